The van der Waals surface area contributed by atoms with Crippen LogP contribution in [0.15, 0.2) is 24.3 Å². The average molecular weight is 931 g/mol. The first-order valence-electron chi connectivity index (χ1n) is 29.6. The highest BCUT2D eigenvalue weighted by Crippen LogP contribution is 2.18. The van der Waals surface area contributed by atoms with Crippen molar-refractivity contribution in [3.63, 3.8) is 0 Å². The summed E-state index contributed by atoms with van der Waals surface area (Å²) in [6.45, 7) is 4.91. The molecule has 66 heavy (non-hydrogen) atoms. The molecule has 0 rings (SSSR count). The van der Waals surface area contributed by atoms with Gasteiger partial charge >= 0.3 is 5.97 Å². The predicted octanol–water partition coefficient (Wildman–Crippen LogP) is 18.2. The van der Waals surface area contributed by atoms with Crippen LogP contribution in [0.5, 0.6) is 0 Å². The minimum atomic E-state index is -0.661. The van der Waals surface area contributed by atoms with Crippen LogP contribution in [0.2, 0.25) is 0 Å². The molecule has 0 spiro atoms. The lowest BCUT2D eigenvalue weighted by Crippen LogP contribution is -2.45. The number of hydrogen-bond acceptors (Lipinski definition) is 5. The summed E-state index contributed by atoms with van der Waals surface area (Å²) in [7, 11) is 0. The van der Waals surface area contributed by atoms with Gasteiger partial charge in [-0.05, 0) is 51.4 Å². The summed E-state index contributed by atoms with van der Waals surface area (Å²) in [4.78, 5) is 24.5. The highest BCUT2D eigenvalue weighted by molar-refractivity contribution is 5.76. The smallest absolute Gasteiger partial charge is 0.305 e. The molecular weight excluding hydrogens is 815 g/mol. The Balaban J connectivity index is 3.35. The molecule has 0 saturated carbocycles. The van der Waals surface area contributed by atoms with E-state index in [1.54, 1.807) is 0 Å². The molecule has 0 aromatic heterocycles. The molecule has 2 atom stereocenters. The predicted molar refractivity (Wildman–Crippen MR) is 287 cm³/mol. The Morgan fingerprint density at radius 1 is 0.424 bits per heavy atom. The lowest BCUT2D eigenvalue weighted by atomic mass is 10.0. The molecule has 6 heteroatoms. The molecule has 0 fully saturated rings. The fourth-order valence-corrected chi connectivity index (χ4v) is 9.19. The molecule has 0 aromatic rings. The molecule has 0 bridgehead atoms. The van der Waals surface area contributed by atoms with Crippen molar-refractivity contribution in [2.24, 2.45) is 0 Å². The minimum absolute atomic E-state index is 0.000852. The van der Waals surface area contributed by atoms with Crippen molar-refractivity contribution in [3.8, 4) is 0 Å². The van der Waals surface area contributed by atoms with E-state index >= 15 is 0 Å². The molecule has 0 radical (unpaired) electrons. The number of esters is 1. The number of carbonyl (C=O) groups excluding carboxylic acids is 2. The third-order valence-electron chi connectivity index (χ3n) is 13.8. The summed E-state index contributed by atoms with van der Waals surface area (Å²) in [6.07, 6.45) is 67.5. The molecule has 0 aliphatic rings. The van der Waals surface area contributed by atoms with Crippen LogP contribution in [0.3, 0.4) is 0 Å². The van der Waals surface area contributed by atoms with Crippen molar-refractivity contribution < 1.29 is 24.5 Å². The summed E-state index contributed by atoms with van der Waals surface area (Å²) in [5.41, 5.74) is 0. The number of rotatable bonds is 55. The van der Waals surface area contributed by atoms with Gasteiger partial charge in [0.25, 0.3) is 0 Å². The van der Waals surface area contributed by atoms with Gasteiger partial charge in [-0.3, -0.25) is 9.59 Å². The fourth-order valence-electron chi connectivity index (χ4n) is 9.19. The van der Waals surface area contributed by atoms with Crippen LogP contribution in [0, 0.1) is 0 Å². The highest BCUT2D eigenvalue weighted by atomic mass is 16.5. The van der Waals surface area contributed by atoms with Gasteiger partial charge < -0.3 is 20.3 Å². The minimum Gasteiger partial charge on any atom is -0.466 e. The molecule has 0 heterocycles. The molecular formula is C60H115NO5. The Morgan fingerprint density at radius 3 is 1.20 bits per heavy atom. The summed E-state index contributed by atoms with van der Waals surface area (Å²) < 4.78 is 5.47. The zero-order valence-electron chi connectivity index (χ0n) is 44.4. The Kier molecular flexibility index (Phi) is 54.5. The summed E-state index contributed by atoms with van der Waals surface area (Å²) in [5, 5.41) is 23.2. The van der Waals surface area contributed by atoms with E-state index in [-0.39, 0.29) is 18.5 Å². The van der Waals surface area contributed by atoms with Gasteiger partial charge in [0.15, 0.2) is 0 Å². The van der Waals surface area contributed by atoms with E-state index in [4.69, 9.17) is 4.74 Å². The van der Waals surface area contributed by atoms with Crippen molar-refractivity contribution in [3.05, 3.63) is 24.3 Å². The Morgan fingerprint density at radius 2 is 0.773 bits per heavy atom. The van der Waals surface area contributed by atoms with E-state index in [9.17, 15) is 19.8 Å². The number of hydrogen-bond donors (Lipinski definition) is 3. The van der Waals surface area contributed by atoms with Crippen molar-refractivity contribution in [1.29, 1.82) is 0 Å². The Labute approximate surface area is 411 Å². The first kappa shape index (κ1) is 64.3. The van der Waals surface area contributed by atoms with Crippen molar-refractivity contribution in [1.82, 2.24) is 5.32 Å². The second-order valence-electron chi connectivity index (χ2n) is 20.3. The second kappa shape index (κ2) is 55.9. The van der Waals surface area contributed by atoms with E-state index in [0.29, 0.717) is 25.9 Å². The van der Waals surface area contributed by atoms with Gasteiger partial charge in [0, 0.05) is 12.8 Å². The number of unbranched alkanes of at least 4 members (excludes halogenated alkanes) is 40. The topological polar surface area (TPSA) is 95.9 Å². The van der Waals surface area contributed by atoms with Gasteiger partial charge in [-0.25, -0.2) is 0 Å². The Bertz CT molecular complexity index is 1030. The van der Waals surface area contributed by atoms with Gasteiger partial charge in [-0.15, -0.1) is 0 Å². The van der Waals surface area contributed by atoms with Crippen LogP contribution >= 0.6 is 0 Å². The monoisotopic (exact) mass is 930 g/mol. The molecule has 0 aliphatic heterocycles. The first-order chi connectivity index (χ1) is 32.5. The van der Waals surface area contributed by atoms with Gasteiger partial charge in [0.1, 0.15) is 0 Å². The Hall–Kier alpha value is -1.66. The summed E-state index contributed by atoms with van der Waals surface area (Å²) in [6, 6.07) is -0.539. The number of amides is 1. The van der Waals surface area contributed by atoms with Crippen LogP contribution in [0.4, 0.5) is 0 Å². The third-order valence-corrected chi connectivity index (χ3v) is 13.8. The van der Waals surface area contributed by atoms with E-state index in [2.05, 4.69) is 43.5 Å². The number of ether oxygens (including phenoxy) is 1. The van der Waals surface area contributed by atoms with E-state index in [1.165, 1.54) is 238 Å². The number of aliphatic hydroxyl groups is 2. The van der Waals surface area contributed by atoms with Crippen molar-refractivity contribution in [2.45, 2.75) is 334 Å². The molecule has 0 saturated heterocycles. The molecule has 0 aromatic carbocycles. The maximum absolute atomic E-state index is 12.4. The lowest BCUT2D eigenvalue weighted by molar-refractivity contribution is -0.143. The van der Waals surface area contributed by atoms with Crippen LogP contribution in [-0.2, 0) is 14.3 Å². The second-order valence-corrected chi connectivity index (χ2v) is 20.3. The van der Waals surface area contributed by atoms with E-state index < -0.39 is 12.1 Å². The summed E-state index contributed by atoms with van der Waals surface area (Å²) in [5.74, 6) is -0.0333. The maximum Gasteiger partial charge on any atom is 0.305 e. The lowest BCUT2D eigenvalue weighted by Gasteiger charge is -2.22. The molecule has 0 aliphatic carbocycles. The van der Waals surface area contributed by atoms with Gasteiger partial charge in [-0.2, -0.15) is 0 Å². The third kappa shape index (κ3) is 51.7. The SMILES string of the molecule is CCCC/C=C\C/C=C\CCCCCCCC(=O)OCCCCCCCCCCCCCCCCCCCCCCCCCCC(=O)NC(CO)C(O)CCCCCCCCCCCCC. The standard InChI is InChI=1S/C60H115NO5/c1-3-5-7-9-11-13-15-16-30-34-38-42-46-50-54-60(65)66-55-51-47-43-39-35-31-28-26-24-22-20-18-17-19-21-23-25-27-29-33-37-41-45-49-53-59(64)61-57(56-62)58(63)52-48-44-40-36-32-14-12-10-8-6-4-2/h9,11,15-16,57-58,62-63H,3-8,10,12-14,17-56H2,1-2H3,(H,61,64)/b11-9-,16-15-. The van der Waals surface area contributed by atoms with E-state index in [0.717, 1.165) is 51.4 Å². The number of aliphatic hydroxyl groups excluding tert-OH is 2. The molecule has 2 unspecified atom stereocenters. The molecule has 1 amide bonds. The molecule has 6 nitrogen and oxygen atoms in total. The van der Waals surface area contributed by atoms with Crippen molar-refractivity contribution in [2.75, 3.05) is 13.2 Å². The van der Waals surface area contributed by atoms with Crippen molar-refractivity contribution >= 4 is 11.9 Å². The number of nitrogens with one attached hydrogen (secondary N) is 1. The maximum atomic E-state index is 12.4. The summed E-state index contributed by atoms with van der Waals surface area (Å²) >= 11 is 0. The zero-order valence-corrected chi connectivity index (χ0v) is 44.4. The normalized spacial score (nSPS) is 12.7. The first-order valence-corrected chi connectivity index (χ1v) is 29.6. The molecule has 3 N–H and O–H groups in total. The quantitative estimate of drug-likeness (QED) is 0.0321. The number of allylic oxidation sites excluding steroid dienone is 4. The van der Waals surface area contributed by atoms with Gasteiger partial charge in [0.05, 0.1) is 25.4 Å². The fraction of sp³-hybridized carbons (Fsp3) is 0.900. The van der Waals surface area contributed by atoms with Crippen LogP contribution in [0.25, 0.3) is 0 Å². The average Bonchev–Trinajstić information content (AvgIpc) is 3.32. The largest absolute Gasteiger partial charge is 0.466 e. The number of carbonyl (C=O) groups is 2. The van der Waals surface area contributed by atoms with Gasteiger partial charge in [-0.1, -0.05) is 282 Å². The van der Waals surface area contributed by atoms with Crippen LogP contribution < -0.4 is 5.32 Å². The molecule has 390 valence electrons. The van der Waals surface area contributed by atoms with Gasteiger partial charge in [0.2, 0.25) is 5.91 Å². The van der Waals surface area contributed by atoms with Crippen LogP contribution in [0.1, 0.15) is 322 Å². The van der Waals surface area contributed by atoms with Crippen LogP contribution in [-0.4, -0.2) is 47.4 Å². The highest BCUT2D eigenvalue weighted by Gasteiger charge is 2.20. The van der Waals surface area contributed by atoms with E-state index in [1.807, 2.05) is 0 Å². The zero-order chi connectivity index (χ0) is 47.9.